The minimum atomic E-state index is -0.240. The molecule has 150 valence electrons. The van der Waals surface area contributed by atoms with Crippen LogP contribution in [0.25, 0.3) is 0 Å². The second kappa shape index (κ2) is 10.5. The lowest BCUT2D eigenvalue weighted by Crippen LogP contribution is -1.99. The first kappa shape index (κ1) is 20.7. The van der Waals surface area contributed by atoms with Gasteiger partial charge in [0.15, 0.2) is 0 Å². The molecule has 0 fully saturated rings. The van der Waals surface area contributed by atoms with Gasteiger partial charge in [0.05, 0.1) is 12.3 Å². The van der Waals surface area contributed by atoms with E-state index < -0.39 is 0 Å². The number of benzene rings is 3. The standard InChI is InChI=1S/C26H28FNO/c1-3-21(22-14-16-24(17-15-22)29-4-2)10-8-9-20-13-18-25(27)26(19-20)28-23-11-6-5-7-12-23/h3,5-7,11-19,21,28H,1,4,8-10H2,2H3. The molecular formula is C26H28FNO. The maximum absolute atomic E-state index is 14.2. The Bertz CT molecular complexity index is 906. The summed E-state index contributed by atoms with van der Waals surface area (Å²) in [5.74, 6) is 0.952. The summed E-state index contributed by atoms with van der Waals surface area (Å²) in [5.41, 5.74) is 3.76. The minimum Gasteiger partial charge on any atom is -0.494 e. The lowest BCUT2D eigenvalue weighted by Gasteiger charge is -2.14. The van der Waals surface area contributed by atoms with Gasteiger partial charge in [-0.05, 0) is 73.7 Å². The normalized spacial score (nSPS) is 11.7. The van der Waals surface area contributed by atoms with Crippen molar-refractivity contribution in [2.75, 3.05) is 11.9 Å². The first-order valence-corrected chi connectivity index (χ1v) is 10.2. The highest BCUT2D eigenvalue weighted by Crippen LogP contribution is 2.27. The first-order chi connectivity index (χ1) is 14.2. The maximum atomic E-state index is 14.2. The van der Waals surface area contributed by atoms with Gasteiger partial charge in [0.2, 0.25) is 0 Å². The predicted octanol–water partition coefficient (Wildman–Crippen LogP) is 7.26. The fraction of sp³-hybridized carbons (Fsp3) is 0.231. The molecule has 0 saturated carbocycles. The fourth-order valence-corrected chi connectivity index (χ4v) is 3.43. The second-order valence-electron chi connectivity index (χ2n) is 7.04. The van der Waals surface area contributed by atoms with Crippen molar-refractivity contribution in [1.29, 1.82) is 0 Å². The van der Waals surface area contributed by atoms with E-state index >= 15 is 0 Å². The maximum Gasteiger partial charge on any atom is 0.146 e. The van der Waals surface area contributed by atoms with Crippen LogP contribution < -0.4 is 10.1 Å². The van der Waals surface area contributed by atoms with Gasteiger partial charge in [-0.2, -0.15) is 0 Å². The Morgan fingerprint density at radius 1 is 1.03 bits per heavy atom. The molecule has 0 aliphatic rings. The topological polar surface area (TPSA) is 21.3 Å². The molecule has 1 unspecified atom stereocenters. The number of rotatable bonds is 10. The molecule has 2 nitrogen and oxygen atoms in total. The van der Waals surface area contributed by atoms with E-state index in [1.807, 2.05) is 67.6 Å². The average molecular weight is 390 g/mol. The van der Waals surface area contributed by atoms with Crippen LogP contribution in [-0.2, 0) is 6.42 Å². The lowest BCUT2D eigenvalue weighted by atomic mass is 9.92. The number of hydrogen-bond acceptors (Lipinski definition) is 2. The number of hydrogen-bond donors (Lipinski definition) is 1. The van der Waals surface area contributed by atoms with Crippen LogP contribution in [0.1, 0.15) is 36.8 Å². The van der Waals surface area contributed by atoms with Gasteiger partial charge in [-0.25, -0.2) is 4.39 Å². The number of nitrogens with one attached hydrogen (secondary N) is 1. The van der Waals surface area contributed by atoms with Crippen LogP contribution in [0.3, 0.4) is 0 Å². The molecule has 3 aromatic rings. The Labute approximate surface area is 173 Å². The van der Waals surface area contributed by atoms with E-state index in [1.165, 1.54) is 11.6 Å². The molecule has 0 radical (unpaired) electrons. The summed E-state index contributed by atoms with van der Waals surface area (Å²) in [6.45, 7) is 6.66. The van der Waals surface area contributed by atoms with E-state index in [0.29, 0.717) is 18.2 Å². The van der Waals surface area contributed by atoms with Crippen molar-refractivity contribution in [3.8, 4) is 5.75 Å². The summed E-state index contributed by atoms with van der Waals surface area (Å²) >= 11 is 0. The van der Waals surface area contributed by atoms with Crippen LogP contribution in [0.4, 0.5) is 15.8 Å². The fourth-order valence-electron chi connectivity index (χ4n) is 3.43. The molecule has 1 atom stereocenters. The van der Waals surface area contributed by atoms with Crippen LogP contribution in [-0.4, -0.2) is 6.61 Å². The number of anilines is 2. The van der Waals surface area contributed by atoms with Crippen LogP contribution in [0.2, 0.25) is 0 Å². The van der Waals surface area contributed by atoms with Crippen molar-refractivity contribution < 1.29 is 9.13 Å². The SMILES string of the molecule is C=CC(CCCc1ccc(F)c(Nc2ccccc2)c1)c1ccc(OCC)cc1. The summed E-state index contributed by atoms with van der Waals surface area (Å²) in [6.07, 6.45) is 4.89. The van der Waals surface area contributed by atoms with Gasteiger partial charge in [0.25, 0.3) is 0 Å². The molecule has 29 heavy (non-hydrogen) atoms. The summed E-state index contributed by atoms with van der Waals surface area (Å²) in [5, 5.41) is 3.16. The van der Waals surface area contributed by atoms with E-state index in [9.17, 15) is 4.39 Å². The zero-order valence-electron chi connectivity index (χ0n) is 16.9. The molecule has 0 aliphatic heterocycles. The monoisotopic (exact) mass is 389 g/mol. The molecule has 0 aliphatic carbocycles. The van der Waals surface area contributed by atoms with E-state index in [0.717, 1.165) is 36.3 Å². The predicted molar refractivity (Wildman–Crippen MR) is 120 cm³/mol. The number of ether oxygens (including phenoxy) is 1. The summed E-state index contributed by atoms with van der Waals surface area (Å²) < 4.78 is 19.7. The van der Waals surface area contributed by atoms with Crippen LogP contribution in [0.15, 0.2) is 85.5 Å². The average Bonchev–Trinajstić information content (AvgIpc) is 2.75. The Morgan fingerprint density at radius 2 is 1.79 bits per heavy atom. The molecule has 3 rings (SSSR count). The molecule has 0 saturated heterocycles. The van der Waals surface area contributed by atoms with Crippen LogP contribution >= 0.6 is 0 Å². The molecular weight excluding hydrogens is 361 g/mol. The number of aryl methyl sites for hydroxylation is 1. The number of para-hydroxylation sites is 1. The number of allylic oxidation sites excluding steroid dienone is 1. The Hall–Kier alpha value is -3.07. The molecule has 0 amide bonds. The molecule has 0 aromatic heterocycles. The largest absolute Gasteiger partial charge is 0.494 e. The molecule has 0 bridgehead atoms. The van der Waals surface area contributed by atoms with E-state index in [2.05, 4.69) is 24.0 Å². The zero-order chi connectivity index (χ0) is 20.5. The highest BCUT2D eigenvalue weighted by atomic mass is 19.1. The van der Waals surface area contributed by atoms with Crippen molar-refractivity contribution >= 4 is 11.4 Å². The first-order valence-electron chi connectivity index (χ1n) is 10.2. The Kier molecular flexibility index (Phi) is 7.46. The van der Waals surface area contributed by atoms with Crippen LogP contribution in [0, 0.1) is 5.82 Å². The van der Waals surface area contributed by atoms with Gasteiger partial charge >= 0.3 is 0 Å². The van der Waals surface area contributed by atoms with Gasteiger partial charge < -0.3 is 10.1 Å². The summed E-state index contributed by atoms with van der Waals surface area (Å²) in [6, 6.07) is 23.2. The van der Waals surface area contributed by atoms with Gasteiger partial charge in [0.1, 0.15) is 11.6 Å². The summed E-state index contributed by atoms with van der Waals surface area (Å²) in [7, 11) is 0. The molecule has 0 heterocycles. The van der Waals surface area contributed by atoms with E-state index in [1.54, 1.807) is 0 Å². The van der Waals surface area contributed by atoms with Crippen molar-refractivity contribution in [2.45, 2.75) is 32.1 Å². The van der Waals surface area contributed by atoms with Crippen molar-refractivity contribution in [3.05, 3.63) is 102 Å². The van der Waals surface area contributed by atoms with Crippen molar-refractivity contribution in [3.63, 3.8) is 0 Å². The second-order valence-corrected chi connectivity index (χ2v) is 7.04. The third-order valence-electron chi connectivity index (χ3n) is 4.97. The zero-order valence-corrected chi connectivity index (χ0v) is 16.9. The van der Waals surface area contributed by atoms with E-state index in [4.69, 9.17) is 4.74 Å². The molecule has 3 heteroatoms. The Morgan fingerprint density at radius 3 is 2.48 bits per heavy atom. The van der Waals surface area contributed by atoms with Crippen LogP contribution in [0.5, 0.6) is 5.75 Å². The van der Waals surface area contributed by atoms with Gasteiger partial charge in [-0.15, -0.1) is 6.58 Å². The van der Waals surface area contributed by atoms with Gasteiger partial charge in [-0.1, -0.05) is 42.5 Å². The molecule has 1 N–H and O–H groups in total. The summed E-state index contributed by atoms with van der Waals surface area (Å²) in [4.78, 5) is 0. The molecule has 3 aromatic carbocycles. The minimum absolute atomic E-state index is 0.240. The quantitative estimate of drug-likeness (QED) is 0.368. The third kappa shape index (κ3) is 5.95. The third-order valence-corrected chi connectivity index (χ3v) is 4.97. The van der Waals surface area contributed by atoms with Gasteiger partial charge in [-0.3, -0.25) is 0 Å². The molecule has 0 spiro atoms. The highest BCUT2D eigenvalue weighted by Gasteiger charge is 2.09. The van der Waals surface area contributed by atoms with Gasteiger partial charge in [0, 0.05) is 11.6 Å². The number of halogens is 1. The van der Waals surface area contributed by atoms with Crippen molar-refractivity contribution in [2.24, 2.45) is 0 Å². The Balaban J connectivity index is 1.59. The highest BCUT2D eigenvalue weighted by molar-refractivity contribution is 5.60. The van der Waals surface area contributed by atoms with Crippen molar-refractivity contribution in [1.82, 2.24) is 0 Å². The van der Waals surface area contributed by atoms with E-state index in [-0.39, 0.29) is 5.82 Å². The smallest absolute Gasteiger partial charge is 0.146 e. The lowest BCUT2D eigenvalue weighted by molar-refractivity contribution is 0.340.